The zero-order chi connectivity index (χ0) is 25.6. The molecule has 1 unspecified atom stereocenters. The van der Waals surface area contributed by atoms with E-state index in [1.807, 2.05) is 24.3 Å². The van der Waals surface area contributed by atoms with Crippen LogP contribution in [0.3, 0.4) is 0 Å². The van der Waals surface area contributed by atoms with E-state index in [0.29, 0.717) is 38.5 Å². The van der Waals surface area contributed by atoms with Crippen molar-refractivity contribution >= 4 is 55.7 Å². The zero-order valence-corrected chi connectivity index (χ0v) is 21.4. The maximum Gasteiger partial charge on any atom is 0.301 e. The third-order valence-electron chi connectivity index (χ3n) is 6.27. The topological polar surface area (TPSA) is 79.7 Å². The van der Waals surface area contributed by atoms with Crippen LogP contribution in [-0.2, 0) is 9.59 Å². The van der Waals surface area contributed by atoms with Crippen LogP contribution in [0, 0.1) is 0 Å². The van der Waals surface area contributed by atoms with Crippen LogP contribution in [0.25, 0.3) is 16.0 Å². The zero-order valence-electron chi connectivity index (χ0n) is 19.9. The van der Waals surface area contributed by atoms with E-state index in [0.717, 1.165) is 10.3 Å². The van der Waals surface area contributed by atoms with Gasteiger partial charge >= 0.3 is 5.91 Å². The highest BCUT2D eigenvalue weighted by Crippen LogP contribution is 2.44. The number of aliphatic hydroxyl groups is 1. The molecule has 182 valence electrons. The number of fused-ring (bicyclic) bond motifs is 1. The van der Waals surface area contributed by atoms with Crippen molar-refractivity contribution in [3.05, 3.63) is 94.0 Å². The molecule has 0 spiro atoms. The molecule has 1 aliphatic heterocycles. The minimum absolute atomic E-state index is 0.0137. The third kappa shape index (κ3) is 4.14. The molecule has 5 rings (SSSR count). The first-order chi connectivity index (χ1) is 17.3. The second-order valence-corrected chi connectivity index (χ2v) is 10.3. The molecule has 1 saturated heterocycles. The summed E-state index contributed by atoms with van der Waals surface area (Å²) in [5.41, 5.74) is 2.92. The molecular formula is C28H23ClN2O4S. The number of rotatable bonds is 5. The first kappa shape index (κ1) is 24.0. The summed E-state index contributed by atoms with van der Waals surface area (Å²) in [6.45, 7) is 4.19. The first-order valence-electron chi connectivity index (χ1n) is 11.4. The van der Waals surface area contributed by atoms with Gasteiger partial charge in [-0.05, 0) is 59.5 Å². The molecule has 1 fully saturated rings. The van der Waals surface area contributed by atoms with Crippen LogP contribution >= 0.6 is 22.9 Å². The number of halogens is 1. The maximum atomic E-state index is 13.4. The monoisotopic (exact) mass is 518 g/mol. The minimum atomic E-state index is -0.843. The number of Topliss-reactive ketones (excluding diaryl/α,β-unsaturated/α-hetero) is 1. The van der Waals surface area contributed by atoms with Crippen molar-refractivity contribution in [1.82, 2.24) is 4.98 Å². The van der Waals surface area contributed by atoms with Crippen LogP contribution in [0.4, 0.5) is 5.13 Å². The van der Waals surface area contributed by atoms with Gasteiger partial charge < -0.3 is 9.84 Å². The van der Waals surface area contributed by atoms with Crippen molar-refractivity contribution in [2.75, 3.05) is 12.0 Å². The van der Waals surface area contributed by atoms with Gasteiger partial charge in [-0.25, -0.2) is 4.98 Å². The number of ether oxygens (including phenoxy) is 1. The fourth-order valence-corrected chi connectivity index (χ4v) is 5.57. The first-order valence-corrected chi connectivity index (χ1v) is 12.6. The van der Waals surface area contributed by atoms with Gasteiger partial charge in [-0.3, -0.25) is 14.5 Å². The summed E-state index contributed by atoms with van der Waals surface area (Å²) in [7, 11) is 1.55. The summed E-state index contributed by atoms with van der Waals surface area (Å²) in [4.78, 5) is 32.8. The van der Waals surface area contributed by atoms with E-state index in [1.54, 1.807) is 49.6 Å². The smallest absolute Gasteiger partial charge is 0.301 e. The minimum Gasteiger partial charge on any atom is -0.507 e. The van der Waals surface area contributed by atoms with Gasteiger partial charge in [-0.15, -0.1) is 0 Å². The van der Waals surface area contributed by atoms with Gasteiger partial charge in [-0.1, -0.05) is 61.1 Å². The molecule has 1 aliphatic rings. The number of thiazole rings is 1. The summed E-state index contributed by atoms with van der Waals surface area (Å²) in [5, 5.41) is 12.2. The van der Waals surface area contributed by atoms with Gasteiger partial charge in [0.25, 0.3) is 5.78 Å². The SMILES string of the molecule is COc1ccc(/C(O)=C2\C(=O)C(=O)N(c3nc4ccc(Cl)cc4s3)C2c2ccc(C(C)C)cc2)cc1. The van der Waals surface area contributed by atoms with Crippen molar-refractivity contribution in [1.29, 1.82) is 0 Å². The molecular weight excluding hydrogens is 496 g/mol. The van der Waals surface area contributed by atoms with Crippen LogP contribution < -0.4 is 9.64 Å². The van der Waals surface area contributed by atoms with Crippen LogP contribution in [0.15, 0.2) is 72.3 Å². The highest BCUT2D eigenvalue weighted by molar-refractivity contribution is 7.22. The Morgan fingerprint density at radius 3 is 2.39 bits per heavy atom. The quantitative estimate of drug-likeness (QED) is 0.180. The van der Waals surface area contributed by atoms with E-state index < -0.39 is 17.7 Å². The molecule has 36 heavy (non-hydrogen) atoms. The fourth-order valence-electron chi connectivity index (χ4n) is 4.30. The average Bonchev–Trinajstić information content (AvgIpc) is 3.41. The van der Waals surface area contributed by atoms with E-state index >= 15 is 0 Å². The van der Waals surface area contributed by atoms with E-state index in [9.17, 15) is 14.7 Å². The predicted molar refractivity (Wildman–Crippen MR) is 143 cm³/mol. The highest BCUT2D eigenvalue weighted by atomic mass is 35.5. The van der Waals surface area contributed by atoms with E-state index in [2.05, 4.69) is 18.8 Å². The maximum absolute atomic E-state index is 13.4. The van der Waals surface area contributed by atoms with Crippen molar-refractivity contribution in [2.45, 2.75) is 25.8 Å². The van der Waals surface area contributed by atoms with E-state index in [-0.39, 0.29) is 11.3 Å². The predicted octanol–water partition coefficient (Wildman–Crippen LogP) is 6.71. The van der Waals surface area contributed by atoms with Gasteiger partial charge in [-0.2, -0.15) is 0 Å². The molecule has 1 atom stereocenters. The summed E-state index contributed by atoms with van der Waals surface area (Å²) < 4.78 is 6.00. The largest absolute Gasteiger partial charge is 0.507 e. The molecule has 4 aromatic rings. The van der Waals surface area contributed by atoms with Gasteiger partial charge in [0.05, 0.1) is 28.9 Å². The van der Waals surface area contributed by atoms with Gasteiger partial charge in [0.1, 0.15) is 11.5 Å². The number of aliphatic hydroxyl groups excluding tert-OH is 1. The second-order valence-electron chi connectivity index (χ2n) is 8.83. The van der Waals surface area contributed by atoms with Crippen molar-refractivity contribution in [3.8, 4) is 5.75 Å². The lowest BCUT2D eigenvalue weighted by molar-refractivity contribution is -0.132. The molecule has 6 nitrogen and oxygen atoms in total. The lowest BCUT2D eigenvalue weighted by Gasteiger charge is -2.23. The summed E-state index contributed by atoms with van der Waals surface area (Å²) in [6.07, 6.45) is 0. The molecule has 0 radical (unpaired) electrons. The van der Waals surface area contributed by atoms with Crippen molar-refractivity contribution < 1.29 is 19.4 Å². The summed E-state index contributed by atoms with van der Waals surface area (Å²) >= 11 is 7.43. The Morgan fingerprint density at radius 1 is 1.06 bits per heavy atom. The summed E-state index contributed by atoms with van der Waals surface area (Å²) in [5.74, 6) is -0.827. The Bertz CT molecular complexity index is 1510. The number of hydrogen-bond acceptors (Lipinski definition) is 6. The van der Waals surface area contributed by atoms with E-state index in [4.69, 9.17) is 16.3 Å². The van der Waals surface area contributed by atoms with Crippen LogP contribution in [0.5, 0.6) is 5.75 Å². The molecule has 0 aliphatic carbocycles. The summed E-state index contributed by atoms with van der Waals surface area (Å²) in [6, 6.07) is 18.9. The van der Waals surface area contributed by atoms with Crippen molar-refractivity contribution in [3.63, 3.8) is 0 Å². The molecule has 1 amide bonds. The van der Waals surface area contributed by atoms with Crippen LogP contribution in [-0.4, -0.2) is 28.9 Å². The number of carbonyl (C=O) groups excluding carboxylic acids is 2. The highest BCUT2D eigenvalue weighted by Gasteiger charge is 2.48. The number of ketones is 1. The van der Waals surface area contributed by atoms with Gasteiger partial charge in [0.2, 0.25) is 0 Å². The fraction of sp³-hybridized carbons (Fsp3) is 0.179. The Kier molecular flexibility index (Phi) is 6.28. The third-order valence-corrected chi connectivity index (χ3v) is 7.52. The van der Waals surface area contributed by atoms with Gasteiger partial charge in [0.15, 0.2) is 5.13 Å². The second kappa shape index (κ2) is 9.41. The molecule has 1 N–H and O–H groups in total. The average molecular weight is 519 g/mol. The number of carbonyl (C=O) groups is 2. The molecule has 1 aromatic heterocycles. The number of hydrogen-bond donors (Lipinski definition) is 1. The Morgan fingerprint density at radius 2 is 1.75 bits per heavy atom. The number of methoxy groups -OCH3 is 1. The molecule has 0 saturated carbocycles. The standard InChI is InChI=1S/C28H23ClN2O4S/c1-15(2)16-4-6-17(7-5-16)24-23(25(32)18-8-11-20(35-3)12-9-18)26(33)27(34)31(24)28-30-21-13-10-19(29)14-22(21)36-28/h4-15,24,32H,1-3H3/b25-23+. The lowest BCUT2D eigenvalue weighted by atomic mass is 9.93. The molecule has 8 heteroatoms. The van der Waals surface area contributed by atoms with E-state index in [1.165, 1.54) is 16.2 Å². The molecule has 0 bridgehead atoms. The van der Waals surface area contributed by atoms with Crippen LogP contribution in [0.1, 0.15) is 42.5 Å². The normalized spacial score (nSPS) is 17.4. The van der Waals surface area contributed by atoms with Crippen LogP contribution in [0.2, 0.25) is 5.02 Å². The lowest BCUT2D eigenvalue weighted by Crippen LogP contribution is -2.29. The van der Waals surface area contributed by atoms with Crippen molar-refractivity contribution in [2.24, 2.45) is 0 Å². The Hall–Kier alpha value is -3.68. The number of nitrogens with zero attached hydrogens (tertiary/aromatic N) is 2. The Balaban J connectivity index is 1.70. The van der Waals surface area contributed by atoms with Gasteiger partial charge in [0, 0.05) is 10.6 Å². The Labute approximate surface area is 217 Å². The number of benzene rings is 3. The number of aromatic nitrogens is 1. The molecule has 2 heterocycles. The molecule has 3 aromatic carbocycles. The number of amides is 1. The number of anilines is 1.